The molecule has 2 heterocycles. The first-order valence-electron chi connectivity index (χ1n) is 5.26. The molecule has 0 aromatic carbocycles. The van der Waals surface area contributed by atoms with Gasteiger partial charge in [-0.3, -0.25) is 4.79 Å². The van der Waals surface area contributed by atoms with Crippen molar-refractivity contribution in [2.24, 2.45) is 0 Å². The summed E-state index contributed by atoms with van der Waals surface area (Å²) in [6.45, 7) is 1.03. The molecule has 1 fully saturated rings. The second-order valence-electron chi connectivity index (χ2n) is 3.81. The molecule has 18 heavy (non-hydrogen) atoms. The molecule has 2 rings (SSSR count). The lowest BCUT2D eigenvalue weighted by Gasteiger charge is -2.08. The average molecular weight is 311 g/mol. The van der Waals surface area contributed by atoms with Gasteiger partial charge in [0.15, 0.2) is 0 Å². The normalized spacial score (nSPS) is 19.9. The van der Waals surface area contributed by atoms with Crippen LogP contribution in [0.5, 0.6) is 0 Å². The van der Waals surface area contributed by atoms with E-state index in [1.54, 1.807) is 6.07 Å². The Labute approximate surface area is 113 Å². The van der Waals surface area contributed by atoms with E-state index >= 15 is 0 Å². The highest BCUT2D eigenvalue weighted by molar-refractivity contribution is 8.15. The molecule has 0 amide bonds. The minimum atomic E-state index is -3.72. The van der Waals surface area contributed by atoms with Gasteiger partial charge in [0.2, 0.25) is 0 Å². The highest BCUT2D eigenvalue weighted by atomic mass is 35.7. The first-order chi connectivity index (χ1) is 8.45. The Morgan fingerprint density at radius 2 is 2.33 bits per heavy atom. The zero-order valence-electron chi connectivity index (χ0n) is 9.30. The maximum atomic E-state index is 11.6. The van der Waals surface area contributed by atoms with Crippen molar-refractivity contribution in [3.05, 3.63) is 17.0 Å². The molecule has 1 unspecified atom stereocenters. The predicted octanol–water partition coefficient (Wildman–Crippen LogP) is 1.55. The monoisotopic (exact) mass is 310 g/mol. The van der Waals surface area contributed by atoms with Crippen molar-refractivity contribution in [1.82, 2.24) is 0 Å². The molecule has 100 valence electrons. The third-order valence-electron chi connectivity index (χ3n) is 2.38. The zero-order chi connectivity index (χ0) is 13.2. The molecule has 0 N–H and O–H groups in total. The number of hydrogen-bond acceptors (Lipinski definition) is 6. The summed E-state index contributed by atoms with van der Waals surface area (Å²) < 4.78 is 32.4. The fourth-order valence-corrected chi connectivity index (χ4v) is 3.67. The van der Waals surface area contributed by atoms with Crippen molar-refractivity contribution in [3.8, 4) is 0 Å². The van der Waals surface area contributed by atoms with Crippen molar-refractivity contribution in [2.75, 3.05) is 13.2 Å². The minimum Gasteiger partial charge on any atom is -0.460 e. The van der Waals surface area contributed by atoms with Gasteiger partial charge in [-0.1, -0.05) is 0 Å². The quantitative estimate of drug-likeness (QED) is 0.623. The third-order valence-corrected chi connectivity index (χ3v) is 5.56. The van der Waals surface area contributed by atoms with Gasteiger partial charge in [-0.2, -0.15) is 0 Å². The lowest BCUT2D eigenvalue weighted by atomic mass is 10.3. The highest BCUT2D eigenvalue weighted by Gasteiger charge is 2.21. The van der Waals surface area contributed by atoms with Crippen LogP contribution in [0.4, 0.5) is 0 Å². The van der Waals surface area contributed by atoms with E-state index in [0.29, 0.717) is 24.5 Å². The number of thiophene rings is 1. The van der Waals surface area contributed by atoms with Crippen LogP contribution in [0, 0.1) is 0 Å². The van der Waals surface area contributed by atoms with E-state index in [1.165, 1.54) is 6.07 Å². The average Bonchev–Trinajstić information content (AvgIpc) is 2.87. The van der Waals surface area contributed by atoms with Gasteiger partial charge in [-0.15, -0.1) is 11.3 Å². The van der Waals surface area contributed by atoms with Gasteiger partial charge in [0.1, 0.15) is 10.3 Å². The van der Waals surface area contributed by atoms with Gasteiger partial charge in [-0.05, 0) is 12.1 Å². The number of halogens is 1. The van der Waals surface area contributed by atoms with Crippen LogP contribution in [0.3, 0.4) is 0 Å². The highest BCUT2D eigenvalue weighted by Crippen LogP contribution is 2.25. The van der Waals surface area contributed by atoms with E-state index in [0.717, 1.165) is 11.3 Å². The number of esters is 1. The smallest absolute Gasteiger partial charge is 0.311 e. The standard InChI is InChI=1S/C10H11ClO5S2/c11-18(13,14)10-2-1-8(17-10)5-9(12)16-7-3-4-15-6-7/h1-2,7H,3-6H2. The molecule has 1 aromatic heterocycles. The van der Waals surface area contributed by atoms with Crippen LogP contribution < -0.4 is 0 Å². The molecule has 5 nitrogen and oxygen atoms in total. The van der Waals surface area contributed by atoms with Crippen LogP contribution in [0.25, 0.3) is 0 Å². The Balaban J connectivity index is 1.92. The van der Waals surface area contributed by atoms with E-state index < -0.39 is 9.05 Å². The largest absolute Gasteiger partial charge is 0.460 e. The molecule has 1 aromatic rings. The number of hydrogen-bond donors (Lipinski definition) is 0. The van der Waals surface area contributed by atoms with E-state index in [4.69, 9.17) is 20.2 Å². The van der Waals surface area contributed by atoms with E-state index in [-0.39, 0.29) is 22.7 Å². The lowest BCUT2D eigenvalue weighted by molar-refractivity contribution is -0.148. The maximum Gasteiger partial charge on any atom is 0.311 e. The summed E-state index contributed by atoms with van der Waals surface area (Å²) in [5.74, 6) is -0.383. The summed E-state index contributed by atoms with van der Waals surface area (Å²) in [4.78, 5) is 12.2. The van der Waals surface area contributed by atoms with Crippen molar-refractivity contribution >= 4 is 37.0 Å². The van der Waals surface area contributed by atoms with Crippen molar-refractivity contribution < 1.29 is 22.7 Å². The summed E-state index contributed by atoms with van der Waals surface area (Å²) in [6, 6.07) is 2.95. The van der Waals surface area contributed by atoms with Crippen molar-refractivity contribution in [3.63, 3.8) is 0 Å². The number of carbonyl (C=O) groups excluding carboxylic acids is 1. The van der Waals surface area contributed by atoms with Crippen LogP contribution in [0.2, 0.25) is 0 Å². The van der Waals surface area contributed by atoms with Crippen LogP contribution >= 0.6 is 22.0 Å². The molecule has 1 aliphatic heterocycles. The molecular weight excluding hydrogens is 300 g/mol. The molecule has 0 radical (unpaired) electrons. The molecule has 1 saturated heterocycles. The summed E-state index contributed by atoms with van der Waals surface area (Å²) in [6.07, 6.45) is 0.569. The van der Waals surface area contributed by atoms with E-state index in [1.807, 2.05) is 0 Å². The number of rotatable bonds is 4. The molecule has 8 heteroatoms. The summed E-state index contributed by atoms with van der Waals surface area (Å²) >= 11 is 0.974. The molecule has 1 atom stereocenters. The summed E-state index contributed by atoms with van der Waals surface area (Å²) in [5, 5.41) is 0. The van der Waals surface area contributed by atoms with Crippen LogP contribution in [0.15, 0.2) is 16.3 Å². The second-order valence-corrected chi connectivity index (χ2v) is 7.77. The summed E-state index contributed by atoms with van der Waals surface area (Å²) in [7, 11) is 1.47. The molecule has 0 saturated carbocycles. The fourth-order valence-electron chi connectivity index (χ4n) is 1.56. The van der Waals surface area contributed by atoms with E-state index in [2.05, 4.69) is 0 Å². The molecule has 0 aliphatic carbocycles. The van der Waals surface area contributed by atoms with Crippen molar-refractivity contribution in [1.29, 1.82) is 0 Å². The molecule has 0 bridgehead atoms. The SMILES string of the molecule is O=C(Cc1ccc(S(=O)(=O)Cl)s1)OC1CCOC1. The first-order valence-corrected chi connectivity index (χ1v) is 8.38. The Morgan fingerprint density at radius 1 is 1.56 bits per heavy atom. The minimum absolute atomic E-state index is 0.0381. The Bertz CT molecular complexity index is 530. The topological polar surface area (TPSA) is 69.7 Å². The van der Waals surface area contributed by atoms with Gasteiger partial charge in [0.25, 0.3) is 9.05 Å². The van der Waals surface area contributed by atoms with Crippen molar-refractivity contribution in [2.45, 2.75) is 23.2 Å². The second kappa shape index (κ2) is 5.56. The molecule has 0 spiro atoms. The Kier molecular flexibility index (Phi) is 4.26. The van der Waals surface area contributed by atoms with Gasteiger partial charge in [0.05, 0.1) is 19.6 Å². The Hall–Kier alpha value is -0.630. The molecular formula is C10H11ClO5S2. The Morgan fingerprint density at radius 3 is 2.89 bits per heavy atom. The lowest BCUT2D eigenvalue weighted by Crippen LogP contribution is -2.19. The predicted molar refractivity (Wildman–Crippen MR) is 66.4 cm³/mol. The van der Waals surface area contributed by atoms with Crippen LogP contribution in [0.1, 0.15) is 11.3 Å². The van der Waals surface area contributed by atoms with Gasteiger partial charge in [-0.25, -0.2) is 8.42 Å². The van der Waals surface area contributed by atoms with Gasteiger partial charge in [0, 0.05) is 22.0 Å². The number of ether oxygens (including phenoxy) is 2. The maximum absolute atomic E-state index is 11.6. The summed E-state index contributed by atoms with van der Waals surface area (Å²) in [5.41, 5.74) is 0. The van der Waals surface area contributed by atoms with E-state index in [9.17, 15) is 13.2 Å². The van der Waals surface area contributed by atoms with Gasteiger partial charge < -0.3 is 9.47 Å². The zero-order valence-corrected chi connectivity index (χ0v) is 11.7. The number of carbonyl (C=O) groups is 1. The molecule has 1 aliphatic rings. The fraction of sp³-hybridized carbons (Fsp3) is 0.500. The third kappa shape index (κ3) is 3.68. The van der Waals surface area contributed by atoms with Crippen LogP contribution in [-0.4, -0.2) is 33.7 Å². The van der Waals surface area contributed by atoms with Crippen LogP contribution in [-0.2, 0) is 29.7 Å². The first kappa shape index (κ1) is 13.8. The van der Waals surface area contributed by atoms with Gasteiger partial charge >= 0.3 is 5.97 Å².